The van der Waals surface area contributed by atoms with E-state index >= 15 is 0 Å². The average Bonchev–Trinajstić information content (AvgIpc) is 2.21. The van der Waals surface area contributed by atoms with Crippen LogP contribution in [0.1, 0.15) is 30.7 Å². The fourth-order valence-corrected chi connectivity index (χ4v) is 1.78. The second kappa shape index (κ2) is 5.89. The molecular formula is C13H21NO. The molecule has 0 fully saturated rings. The molecule has 1 rings (SSSR count). The predicted molar refractivity (Wildman–Crippen MR) is 63.9 cm³/mol. The molecule has 0 radical (unpaired) electrons. The molecule has 0 saturated heterocycles. The van der Waals surface area contributed by atoms with Gasteiger partial charge in [-0.1, -0.05) is 37.6 Å². The summed E-state index contributed by atoms with van der Waals surface area (Å²) in [5.41, 5.74) is 2.61. The van der Waals surface area contributed by atoms with Crippen LogP contribution in [0.2, 0.25) is 0 Å². The molecule has 0 saturated carbocycles. The van der Waals surface area contributed by atoms with E-state index in [1.54, 1.807) is 7.11 Å². The van der Waals surface area contributed by atoms with E-state index in [1.165, 1.54) is 17.5 Å². The fourth-order valence-electron chi connectivity index (χ4n) is 1.78. The van der Waals surface area contributed by atoms with Crippen LogP contribution in [0.25, 0.3) is 0 Å². The summed E-state index contributed by atoms with van der Waals surface area (Å²) in [7, 11) is 5.78. The Hall–Kier alpha value is -0.860. The quantitative estimate of drug-likeness (QED) is 0.688. The van der Waals surface area contributed by atoms with E-state index in [2.05, 4.69) is 36.1 Å². The minimum atomic E-state index is 0.0562. The SMILES string of the molecule is CCCc1ccc(C(OC)N(C)C)cc1. The number of aryl methyl sites for hydroxylation is 1. The van der Waals surface area contributed by atoms with Gasteiger partial charge in [-0.3, -0.25) is 4.90 Å². The van der Waals surface area contributed by atoms with Crippen LogP contribution in [0.5, 0.6) is 0 Å². The molecule has 0 bridgehead atoms. The molecule has 0 aliphatic carbocycles. The molecule has 1 aromatic carbocycles. The van der Waals surface area contributed by atoms with E-state index < -0.39 is 0 Å². The average molecular weight is 207 g/mol. The first-order valence-electron chi connectivity index (χ1n) is 5.47. The summed E-state index contributed by atoms with van der Waals surface area (Å²) >= 11 is 0. The van der Waals surface area contributed by atoms with Gasteiger partial charge in [0, 0.05) is 7.11 Å². The number of benzene rings is 1. The number of rotatable bonds is 5. The van der Waals surface area contributed by atoms with Crippen LogP contribution >= 0.6 is 0 Å². The summed E-state index contributed by atoms with van der Waals surface area (Å²) in [6.45, 7) is 2.20. The standard InChI is InChI=1S/C13H21NO/c1-5-6-11-7-9-12(10-8-11)13(15-4)14(2)3/h7-10,13H,5-6H2,1-4H3. The topological polar surface area (TPSA) is 12.5 Å². The third-order valence-electron chi connectivity index (χ3n) is 2.50. The van der Waals surface area contributed by atoms with Gasteiger partial charge < -0.3 is 4.74 Å². The third kappa shape index (κ3) is 3.33. The Morgan fingerprint density at radius 1 is 1.20 bits per heavy atom. The van der Waals surface area contributed by atoms with Crippen LogP contribution in [-0.2, 0) is 11.2 Å². The van der Waals surface area contributed by atoms with Gasteiger partial charge in [-0.25, -0.2) is 0 Å². The van der Waals surface area contributed by atoms with Crippen LogP contribution in [0.3, 0.4) is 0 Å². The number of nitrogens with zero attached hydrogens (tertiary/aromatic N) is 1. The van der Waals surface area contributed by atoms with Crippen molar-refractivity contribution in [2.45, 2.75) is 26.0 Å². The van der Waals surface area contributed by atoms with Crippen LogP contribution in [0.4, 0.5) is 0 Å². The maximum atomic E-state index is 5.42. The van der Waals surface area contributed by atoms with Gasteiger partial charge in [0.05, 0.1) is 0 Å². The van der Waals surface area contributed by atoms with E-state index in [4.69, 9.17) is 4.74 Å². The minimum absolute atomic E-state index is 0.0562. The highest BCUT2D eigenvalue weighted by atomic mass is 16.5. The van der Waals surface area contributed by atoms with E-state index in [0.29, 0.717) is 0 Å². The zero-order valence-corrected chi connectivity index (χ0v) is 10.2. The summed E-state index contributed by atoms with van der Waals surface area (Å²) < 4.78 is 5.42. The van der Waals surface area contributed by atoms with Crippen molar-refractivity contribution < 1.29 is 4.74 Å². The predicted octanol–water partition coefficient (Wildman–Crippen LogP) is 2.85. The van der Waals surface area contributed by atoms with Crippen molar-refractivity contribution in [3.63, 3.8) is 0 Å². The van der Waals surface area contributed by atoms with Gasteiger partial charge in [0.15, 0.2) is 0 Å². The first kappa shape index (κ1) is 12.2. The number of ether oxygens (including phenoxy) is 1. The summed E-state index contributed by atoms with van der Waals surface area (Å²) in [6.07, 6.45) is 2.40. The molecule has 2 heteroatoms. The second-order valence-corrected chi connectivity index (χ2v) is 4.04. The molecule has 15 heavy (non-hydrogen) atoms. The third-order valence-corrected chi connectivity index (χ3v) is 2.50. The van der Waals surface area contributed by atoms with Crippen LogP contribution in [-0.4, -0.2) is 26.1 Å². The highest BCUT2D eigenvalue weighted by Gasteiger charge is 2.11. The Morgan fingerprint density at radius 3 is 2.20 bits per heavy atom. The van der Waals surface area contributed by atoms with Crippen LogP contribution < -0.4 is 0 Å². The highest BCUT2D eigenvalue weighted by molar-refractivity contribution is 5.24. The largest absolute Gasteiger partial charge is 0.362 e. The molecule has 2 nitrogen and oxygen atoms in total. The van der Waals surface area contributed by atoms with E-state index in [0.717, 1.165) is 6.42 Å². The van der Waals surface area contributed by atoms with Crippen LogP contribution in [0, 0.1) is 0 Å². The monoisotopic (exact) mass is 207 g/mol. The molecule has 0 aromatic heterocycles. The zero-order chi connectivity index (χ0) is 11.3. The number of hydrogen-bond donors (Lipinski definition) is 0. The van der Waals surface area contributed by atoms with Crippen molar-refractivity contribution in [1.82, 2.24) is 4.90 Å². The lowest BCUT2D eigenvalue weighted by molar-refractivity contribution is -0.00541. The Morgan fingerprint density at radius 2 is 1.80 bits per heavy atom. The molecular weight excluding hydrogens is 186 g/mol. The van der Waals surface area contributed by atoms with Gasteiger partial charge in [0.25, 0.3) is 0 Å². The molecule has 1 aromatic rings. The maximum Gasteiger partial charge on any atom is 0.135 e. The summed E-state index contributed by atoms with van der Waals surface area (Å²) in [5, 5.41) is 0. The lowest BCUT2D eigenvalue weighted by Gasteiger charge is -2.23. The molecule has 0 aliphatic heterocycles. The lowest BCUT2D eigenvalue weighted by atomic mass is 10.1. The second-order valence-electron chi connectivity index (χ2n) is 4.04. The summed E-state index contributed by atoms with van der Waals surface area (Å²) in [4.78, 5) is 2.06. The molecule has 0 amide bonds. The Labute approximate surface area is 92.9 Å². The van der Waals surface area contributed by atoms with Crippen molar-refractivity contribution >= 4 is 0 Å². The van der Waals surface area contributed by atoms with Gasteiger partial charge >= 0.3 is 0 Å². The van der Waals surface area contributed by atoms with E-state index in [1.807, 2.05) is 14.1 Å². The molecule has 0 N–H and O–H groups in total. The normalized spacial score (nSPS) is 13.1. The molecule has 1 atom stereocenters. The van der Waals surface area contributed by atoms with Gasteiger partial charge in [0.2, 0.25) is 0 Å². The van der Waals surface area contributed by atoms with Gasteiger partial charge in [-0.15, -0.1) is 0 Å². The van der Waals surface area contributed by atoms with E-state index in [-0.39, 0.29) is 6.23 Å². The molecule has 0 heterocycles. The first-order valence-corrected chi connectivity index (χ1v) is 5.47. The van der Waals surface area contributed by atoms with Gasteiger partial charge in [0.1, 0.15) is 6.23 Å². The molecule has 1 unspecified atom stereocenters. The first-order chi connectivity index (χ1) is 7.19. The summed E-state index contributed by atoms with van der Waals surface area (Å²) in [6, 6.07) is 8.68. The minimum Gasteiger partial charge on any atom is -0.362 e. The Balaban J connectivity index is 2.77. The zero-order valence-electron chi connectivity index (χ0n) is 10.2. The lowest BCUT2D eigenvalue weighted by Crippen LogP contribution is -2.21. The Kier molecular flexibility index (Phi) is 4.79. The maximum absolute atomic E-state index is 5.42. The van der Waals surface area contributed by atoms with Crippen molar-refractivity contribution in [1.29, 1.82) is 0 Å². The van der Waals surface area contributed by atoms with Gasteiger partial charge in [-0.2, -0.15) is 0 Å². The molecule has 84 valence electrons. The summed E-state index contributed by atoms with van der Waals surface area (Å²) in [5.74, 6) is 0. The molecule has 0 spiro atoms. The highest BCUT2D eigenvalue weighted by Crippen LogP contribution is 2.19. The van der Waals surface area contributed by atoms with Crippen molar-refractivity contribution in [3.05, 3.63) is 35.4 Å². The Bertz CT molecular complexity index is 279. The molecule has 0 aliphatic rings. The van der Waals surface area contributed by atoms with Crippen molar-refractivity contribution in [2.24, 2.45) is 0 Å². The van der Waals surface area contributed by atoms with E-state index in [9.17, 15) is 0 Å². The van der Waals surface area contributed by atoms with Crippen molar-refractivity contribution in [2.75, 3.05) is 21.2 Å². The van der Waals surface area contributed by atoms with Crippen molar-refractivity contribution in [3.8, 4) is 0 Å². The number of methoxy groups -OCH3 is 1. The smallest absolute Gasteiger partial charge is 0.135 e. The number of hydrogen-bond acceptors (Lipinski definition) is 2. The fraction of sp³-hybridized carbons (Fsp3) is 0.538. The van der Waals surface area contributed by atoms with Crippen LogP contribution in [0.15, 0.2) is 24.3 Å². The van der Waals surface area contributed by atoms with Gasteiger partial charge in [-0.05, 0) is 31.6 Å².